The minimum Gasteiger partial charge on any atom is -0.480 e. The molecule has 1 unspecified atom stereocenters. The van der Waals surface area contributed by atoms with Gasteiger partial charge < -0.3 is 50.5 Å². The van der Waals surface area contributed by atoms with Crippen LogP contribution in [-0.4, -0.2) is 152 Å². The van der Waals surface area contributed by atoms with E-state index in [4.69, 9.17) is 9.47 Å². The number of fused-ring (bicyclic) bond motifs is 1. The van der Waals surface area contributed by atoms with Gasteiger partial charge in [0.1, 0.15) is 24.2 Å². The van der Waals surface area contributed by atoms with Crippen molar-refractivity contribution in [2.75, 3.05) is 71.5 Å². The number of ether oxygens (including phenoxy) is 2. The number of rotatable bonds is 22. The normalized spacial score (nSPS) is 18.2. The van der Waals surface area contributed by atoms with Crippen LogP contribution in [0.5, 0.6) is 0 Å². The summed E-state index contributed by atoms with van der Waals surface area (Å²) < 4.78 is 10.1. The molecule has 5 atom stereocenters. The van der Waals surface area contributed by atoms with Gasteiger partial charge in [0, 0.05) is 64.5 Å². The first-order valence-corrected chi connectivity index (χ1v) is 23.3. The second kappa shape index (κ2) is 26.9. The fourth-order valence-corrected chi connectivity index (χ4v) is 8.46. The quantitative estimate of drug-likeness (QED) is 0.103. The average molecular weight is 921 g/mol. The van der Waals surface area contributed by atoms with E-state index >= 15 is 0 Å². The van der Waals surface area contributed by atoms with Gasteiger partial charge in [0.2, 0.25) is 23.6 Å². The SMILES string of the molecule is C=C(/C=C\C=C/COC)N1CCN(C(=O)C[C@@H](NC(=O)[C@@H](CCCC)NC(=O)[C@@H](CC2CN(C(=O)OC)c3ccccc32)NC(=O)[C@H](CC(C)C)NC(=O)N2CCCCCC2)C(=O)O)CC1. The van der Waals surface area contributed by atoms with Gasteiger partial charge in [-0.05, 0) is 55.7 Å². The molecule has 3 heterocycles. The fourth-order valence-electron chi connectivity index (χ4n) is 8.46. The molecule has 4 rings (SSSR count). The molecule has 7 amide bonds. The zero-order chi connectivity index (χ0) is 48.2. The lowest BCUT2D eigenvalue weighted by Gasteiger charge is -2.36. The third kappa shape index (κ3) is 15.9. The van der Waals surface area contributed by atoms with Gasteiger partial charge in [-0.15, -0.1) is 0 Å². The number of amides is 7. The van der Waals surface area contributed by atoms with Gasteiger partial charge in [-0.25, -0.2) is 14.4 Å². The zero-order valence-electron chi connectivity index (χ0n) is 39.4. The van der Waals surface area contributed by atoms with Crippen LogP contribution in [0.15, 0.2) is 60.8 Å². The summed E-state index contributed by atoms with van der Waals surface area (Å²) >= 11 is 0. The Hall–Kier alpha value is -5.91. The molecule has 0 aromatic heterocycles. The molecule has 18 heteroatoms. The van der Waals surface area contributed by atoms with E-state index in [1.807, 2.05) is 62.1 Å². The summed E-state index contributed by atoms with van der Waals surface area (Å²) in [5, 5.41) is 21.3. The fraction of sp³-hybridized carbons (Fsp3) is 0.604. The van der Waals surface area contributed by atoms with Crippen LogP contribution in [0.3, 0.4) is 0 Å². The summed E-state index contributed by atoms with van der Waals surface area (Å²) in [7, 11) is 2.89. The number of piperazine rings is 1. The van der Waals surface area contributed by atoms with Crippen molar-refractivity contribution in [3.8, 4) is 0 Å². The number of methoxy groups -OCH3 is 2. The van der Waals surface area contributed by atoms with Gasteiger partial charge in [0.05, 0.1) is 25.8 Å². The van der Waals surface area contributed by atoms with Crippen molar-refractivity contribution >= 4 is 47.4 Å². The highest BCUT2D eigenvalue weighted by atomic mass is 16.5. The maximum Gasteiger partial charge on any atom is 0.414 e. The number of allylic oxidation sites excluding steroid dienone is 3. The van der Waals surface area contributed by atoms with E-state index in [1.54, 1.807) is 29.0 Å². The van der Waals surface area contributed by atoms with Crippen molar-refractivity contribution in [2.24, 2.45) is 5.92 Å². The highest BCUT2D eigenvalue weighted by molar-refractivity contribution is 5.96. The number of aliphatic carboxylic acids is 1. The molecule has 0 aliphatic carbocycles. The minimum absolute atomic E-state index is 0.00434. The van der Waals surface area contributed by atoms with Crippen molar-refractivity contribution in [1.82, 2.24) is 36.0 Å². The average Bonchev–Trinajstić information content (AvgIpc) is 3.44. The van der Waals surface area contributed by atoms with E-state index in [0.717, 1.165) is 36.9 Å². The Morgan fingerprint density at radius 2 is 1.41 bits per heavy atom. The molecule has 364 valence electrons. The Morgan fingerprint density at radius 3 is 2.05 bits per heavy atom. The third-order valence-corrected chi connectivity index (χ3v) is 12.1. The molecule has 5 N–H and O–H groups in total. The monoisotopic (exact) mass is 921 g/mol. The van der Waals surface area contributed by atoms with Crippen LogP contribution in [0.4, 0.5) is 15.3 Å². The van der Waals surface area contributed by atoms with Crippen molar-refractivity contribution in [3.63, 3.8) is 0 Å². The van der Waals surface area contributed by atoms with Crippen molar-refractivity contribution in [1.29, 1.82) is 0 Å². The van der Waals surface area contributed by atoms with Crippen LogP contribution in [0, 0.1) is 5.92 Å². The number of hydrogen-bond acceptors (Lipinski definition) is 10. The summed E-state index contributed by atoms with van der Waals surface area (Å²) in [4.78, 5) is 102. The van der Waals surface area contributed by atoms with Crippen molar-refractivity contribution in [2.45, 2.75) is 115 Å². The molecule has 66 heavy (non-hydrogen) atoms. The third-order valence-electron chi connectivity index (χ3n) is 12.1. The van der Waals surface area contributed by atoms with Crippen LogP contribution >= 0.6 is 0 Å². The summed E-state index contributed by atoms with van der Waals surface area (Å²) in [6.45, 7) is 13.3. The van der Waals surface area contributed by atoms with Gasteiger partial charge in [0.25, 0.3) is 0 Å². The van der Waals surface area contributed by atoms with Crippen LogP contribution in [0.1, 0.15) is 96.5 Å². The van der Waals surface area contributed by atoms with Crippen LogP contribution in [0.25, 0.3) is 0 Å². The molecule has 18 nitrogen and oxygen atoms in total. The Bertz CT molecular complexity index is 1890. The number of unbranched alkanes of at least 4 members (excludes halogenated alkanes) is 1. The molecular weight excluding hydrogens is 849 g/mol. The maximum atomic E-state index is 14.6. The summed E-state index contributed by atoms with van der Waals surface area (Å²) in [6, 6.07) is 1.79. The molecule has 1 aromatic carbocycles. The van der Waals surface area contributed by atoms with E-state index in [-0.39, 0.29) is 37.8 Å². The van der Waals surface area contributed by atoms with Crippen molar-refractivity contribution in [3.05, 3.63) is 66.4 Å². The van der Waals surface area contributed by atoms with E-state index < -0.39 is 72.2 Å². The highest BCUT2D eigenvalue weighted by Gasteiger charge is 2.39. The topological polar surface area (TPSA) is 219 Å². The first-order chi connectivity index (χ1) is 31.7. The van der Waals surface area contributed by atoms with Crippen LogP contribution in [-0.2, 0) is 33.4 Å². The van der Waals surface area contributed by atoms with Crippen molar-refractivity contribution < 1.29 is 48.1 Å². The van der Waals surface area contributed by atoms with Gasteiger partial charge in [-0.3, -0.25) is 24.1 Å². The summed E-state index contributed by atoms with van der Waals surface area (Å²) in [6.07, 6.45) is 11.7. The number of nitrogens with one attached hydrogen (secondary N) is 4. The number of likely N-dealkylation sites (tertiary alicyclic amines) is 1. The number of urea groups is 1. The lowest BCUT2D eigenvalue weighted by molar-refractivity contribution is -0.146. The number of carbonyl (C=O) groups excluding carboxylic acids is 6. The molecule has 0 bridgehead atoms. The minimum atomic E-state index is -1.58. The van der Waals surface area contributed by atoms with Crippen LogP contribution in [0.2, 0.25) is 0 Å². The first-order valence-electron chi connectivity index (χ1n) is 23.3. The predicted molar refractivity (Wildman–Crippen MR) is 250 cm³/mol. The lowest BCUT2D eigenvalue weighted by atomic mass is 9.92. The number of carboxylic acids is 1. The predicted octanol–water partition coefficient (Wildman–Crippen LogP) is 4.28. The second-order valence-electron chi connectivity index (χ2n) is 17.6. The Morgan fingerprint density at radius 1 is 0.788 bits per heavy atom. The molecular formula is C48H72N8O10. The number of carboxylic acid groups (broad SMARTS) is 1. The molecule has 2 saturated heterocycles. The number of carbonyl (C=O) groups is 7. The standard InChI is InChI=1S/C48H72N8O10/c1-7-8-20-37(43(58)51-40(46(61)62)31-42(57)54-26-24-53(25-27-54)34(4)18-12-11-17-28-65-5)49-45(60)39(30-35-32-56(48(64)66-6)41-21-14-13-19-36(35)41)50-44(59)38(29-33(2)3)52-47(63)55-22-15-9-10-16-23-55/h11-14,17-19,21,33,35,37-40H,4,7-10,15-16,20,22-32H2,1-3,5-6H3,(H,49,60)(H,50,59)(H,51,58)(H,52,63)(H,61,62)/b17-11-,18-12-/t35?,37-,38+,39-,40-/m1/s1. The summed E-state index contributed by atoms with van der Waals surface area (Å²) in [5.74, 6) is -4.39. The number of anilines is 1. The van der Waals surface area contributed by atoms with Gasteiger partial charge in [-0.1, -0.05) is 89.5 Å². The first kappa shape index (κ1) is 52.7. The number of hydrogen-bond donors (Lipinski definition) is 5. The molecule has 2 fully saturated rings. The summed E-state index contributed by atoms with van der Waals surface area (Å²) in [5.41, 5.74) is 2.12. The Labute approximate surface area is 389 Å². The molecule has 0 saturated carbocycles. The van der Waals surface area contributed by atoms with E-state index in [1.165, 1.54) is 12.0 Å². The maximum absolute atomic E-state index is 14.6. The van der Waals surface area contributed by atoms with Crippen LogP contribution < -0.4 is 26.2 Å². The Kier molecular flexibility index (Phi) is 21.5. The Balaban J connectivity index is 1.52. The molecule has 3 aliphatic heterocycles. The van der Waals surface area contributed by atoms with E-state index in [0.29, 0.717) is 64.4 Å². The smallest absolute Gasteiger partial charge is 0.414 e. The second-order valence-corrected chi connectivity index (χ2v) is 17.6. The number of para-hydroxylation sites is 1. The zero-order valence-corrected chi connectivity index (χ0v) is 39.4. The van der Waals surface area contributed by atoms with E-state index in [2.05, 4.69) is 27.8 Å². The van der Waals surface area contributed by atoms with Gasteiger partial charge in [0.15, 0.2) is 0 Å². The van der Waals surface area contributed by atoms with Gasteiger partial charge in [-0.2, -0.15) is 0 Å². The molecule has 3 aliphatic rings. The number of benzene rings is 1. The largest absolute Gasteiger partial charge is 0.480 e. The number of nitrogens with zero attached hydrogens (tertiary/aromatic N) is 4. The highest BCUT2D eigenvalue weighted by Crippen LogP contribution is 2.39. The van der Waals surface area contributed by atoms with Gasteiger partial charge >= 0.3 is 18.1 Å². The molecule has 0 spiro atoms. The molecule has 0 radical (unpaired) electrons. The van der Waals surface area contributed by atoms with E-state index in [9.17, 15) is 38.7 Å². The molecule has 1 aromatic rings. The lowest BCUT2D eigenvalue weighted by Crippen LogP contribution is -2.59.